The Morgan fingerprint density at radius 2 is 2.46 bits per heavy atom. The summed E-state index contributed by atoms with van der Waals surface area (Å²) in [6, 6.07) is 0. The molecule has 0 aliphatic carbocycles. The Morgan fingerprint density at radius 3 is 2.92 bits per heavy atom. The summed E-state index contributed by atoms with van der Waals surface area (Å²) in [7, 11) is 1.23. The van der Waals surface area contributed by atoms with Gasteiger partial charge < -0.3 is 10.6 Å². The van der Waals surface area contributed by atoms with Gasteiger partial charge in [0.15, 0.2) is 5.17 Å². The molecule has 0 aromatic heterocycles. The van der Waals surface area contributed by atoms with Crippen LogP contribution in [0.25, 0.3) is 0 Å². The maximum Gasteiger partial charge on any atom is 0.331 e. The molecule has 0 bridgehead atoms. The van der Waals surface area contributed by atoms with Crippen molar-refractivity contribution in [2.75, 3.05) is 7.11 Å². The number of hydrogen-bond donors (Lipinski definition) is 2. The molecular formula is C6H7N3O3S. The van der Waals surface area contributed by atoms with E-state index in [0.717, 1.165) is 17.8 Å². The molecule has 1 amide bonds. The SMILES string of the molecule is COC(=O)/C=C1\S/C(=N/N)NC1=O. The quantitative estimate of drug-likeness (QED) is 0.249. The molecule has 3 N–H and O–H groups in total. The molecule has 1 aliphatic rings. The molecule has 6 nitrogen and oxygen atoms in total. The summed E-state index contributed by atoms with van der Waals surface area (Å²) in [5.41, 5.74) is 0. The average molecular weight is 201 g/mol. The molecule has 0 radical (unpaired) electrons. The summed E-state index contributed by atoms with van der Waals surface area (Å²) in [5, 5.41) is 5.90. The van der Waals surface area contributed by atoms with Gasteiger partial charge in [0.05, 0.1) is 12.0 Å². The number of rotatable bonds is 1. The Morgan fingerprint density at radius 1 is 1.77 bits per heavy atom. The molecule has 0 saturated carbocycles. The van der Waals surface area contributed by atoms with Crippen molar-refractivity contribution in [3.63, 3.8) is 0 Å². The molecule has 1 aliphatic heterocycles. The maximum atomic E-state index is 11.1. The second-order valence-corrected chi connectivity index (χ2v) is 3.05. The molecule has 13 heavy (non-hydrogen) atoms. The highest BCUT2D eigenvalue weighted by molar-refractivity contribution is 8.18. The van der Waals surface area contributed by atoms with Crippen LogP contribution in [0.4, 0.5) is 0 Å². The average Bonchev–Trinajstić information content (AvgIpc) is 2.47. The van der Waals surface area contributed by atoms with Crippen molar-refractivity contribution >= 4 is 28.8 Å². The van der Waals surface area contributed by atoms with Crippen molar-refractivity contribution < 1.29 is 14.3 Å². The minimum absolute atomic E-state index is 0.219. The van der Waals surface area contributed by atoms with Crippen LogP contribution in [-0.2, 0) is 14.3 Å². The van der Waals surface area contributed by atoms with E-state index in [2.05, 4.69) is 15.2 Å². The third kappa shape index (κ3) is 2.22. The standard InChI is InChI=1S/C6H7N3O3S/c1-12-4(10)2-3-5(11)8-6(9-7)13-3/h2H,7H2,1H3,(H,8,9,11)/b3-2-. The van der Waals surface area contributed by atoms with Gasteiger partial charge in [0.25, 0.3) is 5.91 Å². The predicted octanol–water partition coefficient (Wildman–Crippen LogP) is -0.864. The predicted molar refractivity (Wildman–Crippen MR) is 47.5 cm³/mol. The number of nitrogens with one attached hydrogen (secondary N) is 1. The third-order valence-corrected chi connectivity index (χ3v) is 2.14. The third-order valence-electron chi connectivity index (χ3n) is 1.22. The number of carbonyl (C=O) groups is 2. The van der Waals surface area contributed by atoms with Gasteiger partial charge in [-0.1, -0.05) is 0 Å². The first kappa shape index (κ1) is 9.59. The Hall–Kier alpha value is -1.50. The molecule has 1 fully saturated rings. The summed E-state index contributed by atoms with van der Waals surface area (Å²) in [6.07, 6.45) is 1.08. The lowest BCUT2D eigenvalue weighted by atomic mass is 10.4. The minimum Gasteiger partial charge on any atom is -0.466 e. The van der Waals surface area contributed by atoms with Gasteiger partial charge in [0.2, 0.25) is 0 Å². The first-order chi connectivity index (χ1) is 6.17. The highest BCUT2D eigenvalue weighted by atomic mass is 32.2. The van der Waals surface area contributed by atoms with Gasteiger partial charge >= 0.3 is 5.97 Å². The van der Waals surface area contributed by atoms with Crippen molar-refractivity contribution in [1.29, 1.82) is 0 Å². The number of methoxy groups -OCH3 is 1. The van der Waals surface area contributed by atoms with Crippen LogP contribution in [0.5, 0.6) is 0 Å². The number of esters is 1. The number of nitrogens with two attached hydrogens (primary N) is 1. The second kappa shape index (κ2) is 3.94. The van der Waals surface area contributed by atoms with Crippen molar-refractivity contribution in [2.45, 2.75) is 0 Å². The molecule has 1 heterocycles. The zero-order valence-electron chi connectivity index (χ0n) is 6.73. The van der Waals surface area contributed by atoms with Crippen LogP contribution in [0.1, 0.15) is 0 Å². The molecular weight excluding hydrogens is 194 g/mol. The highest BCUT2D eigenvalue weighted by Gasteiger charge is 2.24. The Labute approximate surface area is 78.2 Å². The van der Waals surface area contributed by atoms with E-state index in [1.54, 1.807) is 0 Å². The molecule has 0 aromatic rings. The van der Waals surface area contributed by atoms with E-state index in [4.69, 9.17) is 5.84 Å². The molecule has 0 unspecified atom stereocenters. The minimum atomic E-state index is -0.587. The van der Waals surface area contributed by atoms with Crippen molar-refractivity contribution in [1.82, 2.24) is 5.32 Å². The van der Waals surface area contributed by atoms with E-state index in [0.29, 0.717) is 0 Å². The summed E-state index contributed by atoms with van der Waals surface area (Å²) in [5.74, 6) is 3.94. The number of hydrazone groups is 1. The summed E-state index contributed by atoms with van der Waals surface area (Å²) in [6.45, 7) is 0. The lowest BCUT2D eigenvalue weighted by Crippen LogP contribution is -2.20. The summed E-state index contributed by atoms with van der Waals surface area (Å²) >= 11 is 0.987. The van der Waals surface area contributed by atoms with Crippen molar-refractivity contribution in [2.24, 2.45) is 10.9 Å². The number of amides is 1. The van der Waals surface area contributed by atoms with Crippen molar-refractivity contribution in [3.8, 4) is 0 Å². The fraction of sp³-hybridized carbons (Fsp3) is 0.167. The van der Waals surface area contributed by atoms with Gasteiger partial charge in [-0.3, -0.25) is 10.1 Å². The zero-order valence-corrected chi connectivity index (χ0v) is 7.55. The normalized spacial score (nSPS) is 22.1. The van der Waals surface area contributed by atoms with E-state index < -0.39 is 11.9 Å². The van der Waals surface area contributed by atoms with Gasteiger partial charge in [-0.2, -0.15) is 5.10 Å². The van der Waals surface area contributed by atoms with Crippen LogP contribution < -0.4 is 11.2 Å². The smallest absolute Gasteiger partial charge is 0.331 e. The molecule has 70 valence electrons. The summed E-state index contributed by atoms with van der Waals surface area (Å²) in [4.78, 5) is 22.0. The van der Waals surface area contributed by atoms with Crippen molar-refractivity contribution in [3.05, 3.63) is 11.0 Å². The second-order valence-electron chi connectivity index (χ2n) is 2.02. The summed E-state index contributed by atoms with van der Waals surface area (Å²) < 4.78 is 4.35. The topological polar surface area (TPSA) is 93.8 Å². The Bertz CT molecular complexity index is 310. The van der Waals surface area contributed by atoms with E-state index in [9.17, 15) is 9.59 Å². The first-order valence-corrected chi connectivity index (χ1v) is 4.05. The number of hydrogen-bond acceptors (Lipinski definition) is 6. The molecule has 1 saturated heterocycles. The van der Waals surface area contributed by atoms with E-state index >= 15 is 0 Å². The zero-order chi connectivity index (χ0) is 9.84. The van der Waals surface area contributed by atoms with E-state index in [1.807, 2.05) is 0 Å². The molecule has 0 atom stereocenters. The fourth-order valence-electron chi connectivity index (χ4n) is 0.654. The van der Waals surface area contributed by atoms with Gasteiger partial charge in [-0.25, -0.2) is 4.79 Å². The van der Waals surface area contributed by atoms with E-state index in [-0.39, 0.29) is 10.1 Å². The van der Waals surface area contributed by atoms with Crippen LogP contribution in [0.15, 0.2) is 16.1 Å². The lowest BCUT2D eigenvalue weighted by molar-refractivity contribution is -0.135. The monoisotopic (exact) mass is 201 g/mol. The van der Waals surface area contributed by atoms with Crippen LogP contribution in [-0.4, -0.2) is 24.2 Å². The van der Waals surface area contributed by atoms with Crippen LogP contribution in [0.3, 0.4) is 0 Å². The highest BCUT2D eigenvalue weighted by Crippen LogP contribution is 2.22. The Balaban J connectivity index is 2.78. The Kier molecular flexibility index (Phi) is 2.91. The number of amidine groups is 1. The molecule has 0 spiro atoms. The molecule has 0 aromatic carbocycles. The maximum absolute atomic E-state index is 11.1. The number of thioether (sulfide) groups is 1. The van der Waals surface area contributed by atoms with Gasteiger partial charge in [0, 0.05) is 6.08 Å². The lowest BCUT2D eigenvalue weighted by Gasteiger charge is -1.90. The number of ether oxygens (including phenoxy) is 1. The van der Waals surface area contributed by atoms with Crippen LogP contribution >= 0.6 is 11.8 Å². The van der Waals surface area contributed by atoms with Gasteiger partial charge in [-0.15, -0.1) is 0 Å². The fourth-order valence-corrected chi connectivity index (χ4v) is 1.36. The van der Waals surface area contributed by atoms with Gasteiger partial charge in [0.1, 0.15) is 0 Å². The van der Waals surface area contributed by atoms with Gasteiger partial charge in [-0.05, 0) is 11.8 Å². The van der Waals surface area contributed by atoms with Crippen LogP contribution in [0.2, 0.25) is 0 Å². The largest absolute Gasteiger partial charge is 0.466 e. The first-order valence-electron chi connectivity index (χ1n) is 3.24. The number of nitrogens with zero attached hydrogens (tertiary/aromatic N) is 1. The number of carbonyl (C=O) groups excluding carboxylic acids is 2. The molecule has 1 rings (SSSR count). The molecule has 7 heteroatoms. The van der Waals surface area contributed by atoms with Crippen LogP contribution in [0, 0.1) is 0 Å². The van der Waals surface area contributed by atoms with E-state index in [1.165, 1.54) is 7.11 Å².